The van der Waals surface area contributed by atoms with Crippen molar-refractivity contribution in [2.75, 3.05) is 13.1 Å². The summed E-state index contributed by atoms with van der Waals surface area (Å²) in [5, 5.41) is 12.0. The first-order valence-corrected chi connectivity index (χ1v) is 9.12. The Morgan fingerprint density at radius 2 is 1.96 bits per heavy atom. The molecule has 0 bridgehead atoms. The third kappa shape index (κ3) is 5.19. The number of rotatable bonds is 4. The second kappa shape index (κ2) is 7.56. The summed E-state index contributed by atoms with van der Waals surface area (Å²) in [5.41, 5.74) is 1.38. The number of likely N-dealkylation sites (tertiary alicyclic amines) is 1. The number of imidazole rings is 1. The Morgan fingerprint density at radius 3 is 2.59 bits per heavy atom. The van der Waals surface area contributed by atoms with Gasteiger partial charge in [0.1, 0.15) is 11.2 Å². The molecular formula is C19H26N4O4. The second-order valence-corrected chi connectivity index (χ2v) is 7.92. The third-order valence-electron chi connectivity index (χ3n) is 4.44. The molecule has 8 nitrogen and oxygen atoms in total. The van der Waals surface area contributed by atoms with E-state index in [0.717, 1.165) is 37.3 Å². The van der Waals surface area contributed by atoms with Crippen LogP contribution in [0.3, 0.4) is 0 Å². The quantitative estimate of drug-likeness (QED) is 0.854. The molecule has 3 heterocycles. The molecule has 2 aromatic heterocycles. The Balaban J connectivity index is 1.52. The molecule has 0 aliphatic carbocycles. The molecule has 2 aromatic rings. The highest BCUT2D eigenvalue weighted by molar-refractivity contribution is 5.87. The number of carbonyl (C=O) groups is 2. The normalized spacial score (nSPS) is 16.4. The van der Waals surface area contributed by atoms with Gasteiger partial charge in [-0.25, -0.2) is 14.6 Å². The third-order valence-corrected chi connectivity index (χ3v) is 4.44. The molecule has 1 saturated heterocycles. The smallest absolute Gasteiger partial charge is 0.407 e. The van der Waals surface area contributed by atoms with Gasteiger partial charge in [0.05, 0.1) is 11.3 Å². The first-order valence-electron chi connectivity index (χ1n) is 9.12. The van der Waals surface area contributed by atoms with E-state index in [4.69, 9.17) is 9.84 Å². The molecule has 1 aliphatic heterocycles. The molecular weight excluding hydrogens is 348 g/mol. The summed E-state index contributed by atoms with van der Waals surface area (Å²) < 4.78 is 7.05. The molecule has 0 aromatic carbocycles. The van der Waals surface area contributed by atoms with E-state index in [1.165, 1.54) is 0 Å². The number of aromatic carboxylic acids is 1. The minimum absolute atomic E-state index is 0.121. The van der Waals surface area contributed by atoms with Crippen LogP contribution >= 0.6 is 0 Å². The number of alkyl carbamates (subject to hydrolysis) is 1. The fourth-order valence-electron chi connectivity index (χ4n) is 3.19. The van der Waals surface area contributed by atoms with Crippen LogP contribution in [0.25, 0.3) is 5.65 Å². The lowest BCUT2D eigenvalue weighted by molar-refractivity contribution is 0.0476. The summed E-state index contributed by atoms with van der Waals surface area (Å²) >= 11 is 0. The number of carboxylic acid groups (broad SMARTS) is 1. The molecule has 2 N–H and O–H groups in total. The summed E-state index contributed by atoms with van der Waals surface area (Å²) in [6, 6.07) is 3.39. The molecule has 27 heavy (non-hydrogen) atoms. The predicted octanol–water partition coefficient (Wildman–Crippen LogP) is 2.52. The number of nitrogens with zero attached hydrogens (tertiary/aromatic N) is 3. The van der Waals surface area contributed by atoms with Gasteiger partial charge in [-0.15, -0.1) is 0 Å². The zero-order chi connectivity index (χ0) is 19.6. The van der Waals surface area contributed by atoms with E-state index < -0.39 is 11.6 Å². The van der Waals surface area contributed by atoms with E-state index in [-0.39, 0.29) is 17.7 Å². The molecule has 1 aliphatic rings. The van der Waals surface area contributed by atoms with Crippen LogP contribution in [0.4, 0.5) is 4.79 Å². The van der Waals surface area contributed by atoms with Crippen LogP contribution in [-0.2, 0) is 11.3 Å². The van der Waals surface area contributed by atoms with Gasteiger partial charge in [0.2, 0.25) is 0 Å². The largest absolute Gasteiger partial charge is 0.478 e. The first-order chi connectivity index (χ1) is 12.7. The molecule has 8 heteroatoms. The van der Waals surface area contributed by atoms with Crippen LogP contribution in [0, 0.1) is 0 Å². The molecule has 1 amide bonds. The standard InChI is InChI=1S/C19H26N4O4/c1-19(2,3)27-18(26)21-14-6-8-22(9-7-14)11-15-12-23-10-13(17(24)25)4-5-16(23)20-15/h4-5,10,12,14H,6-9,11H2,1-3H3,(H,21,26)(H,24,25). The lowest BCUT2D eigenvalue weighted by atomic mass is 10.1. The molecule has 0 spiro atoms. The van der Waals surface area contributed by atoms with Crippen LogP contribution in [0.15, 0.2) is 24.5 Å². The highest BCUT2D eigenvalue weighted by Crippen LogP contribution is 2.16. The van der Waals surface area contributed by atoms with Crippen LogP contribution < -0.4 is 5.32 Å². The number of pyridine rings is 1. The van der Waals surface area contributed by atoms with Gasteiger partial charge < -0.3 is 19.6 Å². The molecule has 0 unspecified atom stereocenters. The molecule has 0 atom stereocenters. The van der Waals surface area contributed by atoms with Crippen molar-refractivity contribution in [3.63, 3.8) is 0 Å². The Bertz CT molecular complexity index is 832. The first kappa shape index (κ1) is 19.2. The van der Waals surface area contributed by atoms with Crippen molar-refractivity contribution >= 4 is 17.7 Å². The van der Waals surface area contributed by atoms with Crippen LogP contribution in [0.5, 0.6) is 0 Å². The van der Waals surface area contributed by atoms with E-state index in [1.807, 2.05) is 27.0 Å². The highest BCUT2D eigenvalue weighted by Gasteiger charge is 2.24. The number of ether oxygens (including phenoxy) is 1. The molecule has 0 saturated carbocycles. The molecule has 1 fully saturated rings. The lowest BCUT2D eigenvalue weighted by Gasteiger charge is -2.32. The van der Waals surface area contributed by atoms with Crippen molar-refractivity contribution in [2.45, 2.75) is 51.8 Å². The van der Waals surface area contributed by atoms with Crippen molar-refractivity contribution in [1.29, 1.82) is 0 Å². The van der Waals surface area contributed by atoms with E-state index in [9.17, 15) is 9.59 Å². The fourth-order valence-corrected chi connectivity index (χ4v) is 3.19. The van der Waals surface area contributed by atoms with Gasteiger partial charge in [-0.3, -0.25) is 4.90 Å². The number of nitrogens with one attached hydrogen (secondary N) is 1. The number of aromatic nitrogens is 2. The van der Waals surface area contributed by atoms with Crippen molar-refractivity contribution in [3.8, 4) is 0 Å². The lowest BCUT2D eigenvalue weighted by Crippen LogP contribution is -2.45. The molecule has 3 rings (SSSR count). The average molecular weight is 374 g/mol. The maximum Gasteiger partial charge on any atom is 0.407 e. The topological polar surface area (TPSA) is 96.2 Å². The summed E-state index contributed by atoms with van der Waals surface area (Å²) in [6.45, 7) is 7.96. The number of amides is 1. The Morgan fingerprint density at radius 1 is 1.26 bits per heavy atom. The summed E-state index contributed by atoms with van der Waals surface area (Å²) in [7, 11) is 0. The second-order valence-electron chi connectivity index (χ2n) is 7.92. The SMILES string of the molecule is CC(C)(C)OC(=O)NC1CCN(Cc2cn3cc(C(=O)O)ccc3n2)CC1. The van der Waals surface area contributed by atoms with Crippen LogP contribution in [0.2, 0.25) is 0 Å². The van der Waals surface area contributed by atoms with Gasteiger partial charge in [-0.05, 0) is 45.7 Å². The van der Waals surface area contributed by atoms with Crippen LogP contribution in [-0.4, -0.2) is 56.2 Å². The zero-order valence-electron chi connectivity index (χ0n) is 15.9. The van der Waals surface area contributed by atoms with Crippen molar-refractivity contribution in [3.05, 3.63) is 35.8 Å². The number of carboxylic acids is 1. The fraction of sp³-hybridized carbons (Fsp3) is 0.526. The number of piperidine rings is 1. The zero-order valence-corrected chi connectivity index (χ0v) is 15.9. The minimum atomic E-state index is -0.952. The maximum absolute atomic E-state index is 11.9. The van der Waals surface area contributed by atoms with E-state index in [0.29, 0.717) is 6.54 Å². The minimum Gasteiger partial charge on any atom is -0.478 e. The number of fused-ring (bicyclic) bond motifs is 1. The van der Waals surface area contributed by atoms with Gasteiger partial charge in [0, 0.05) is 38.1 Å². The van der Waals surface area contributed by atoms with Gasteiger partial charge >= 0.3 is 12.1 Å². The van der Waals surface area contributed by atoms with Gasteiger partial charge in [-0.1, -0.05) is 0 Å². The summed E-state index contributed by atoms with van der Waals surface area (Å²) in [6.07, 6.45) is 4.79. The number of hydrogen-bond donors (Lipinski definition) is 2. The summed E-state index contributed by atoms with van der Waals surface area (Å²) in [4.78, 5) is 29.8. The number of carbonyl (C=O) groups excluding carboxylic acids is 1. The van der Waals surface area contributed by atoms with Crippen molar-refractivity contribution in [2.24, 2.45) is 0 Å². The summed E-state index contributed by atoms with van der Waals surface area (Å²) in [5.74, 6) is -0.952. The van der Waals surface area contributed by atoms with Gasteiger partial charge in [-0.2, -0.15) is 0 Å². The monoisotopic (exact) mass is 374 g/mol. The van der Waals surface area contributed by atoms with Gasteiger partial charge in [0.25, 0.3) is 0 Å². The van der Waals surface area contributed by atoms with E-state index >= 15 is 0 Å². The van der Waals surface area contributed by atoms with Crippen LogP contribution in [0.1, 0.15) is 49.7 Å². The molecule has 146 valence electrons. The Kier molecular flexibility index (Phi) is 5.36. The van der Waals surface area contributed by atoms with E-state index in [2.05, 4.69) is 15.2 Å². The van der Waals surface area contributed by atoms with Crippen molar-refractivity contribution in [1.82, 2.24) is 19.6 Å². The number of hydrogen-bond acceptors (Lipinski definition) is 5. The Hall–Kier alpha value is -2.61. The maximum atomic E-state index is 11.9. The van der Waals surface area contributed by atoms with E-state index in [1.54, 1.807) is 22.7 Å². The van der Waals surface area contributed by atoms with Crippen molar-refractivity contribution < 1.29 is 19.4 Å². The average Bonchev–Trinajstić information content (AvgIpc) is 2.96. The van der Waals surface area contributed by atoms with Gasteiger partial charge in [0.15, 0.2) is 0 Å². The molecule has 0 radical (unpaired) electrons. The highest BCUT2D eigenvalue weighted by atomic mass is 16.6. The predicted molar refractivity (Wildman–Crippen MR) is 99.8 cm³/mol. The Labute approximate surface area is 158 Å².